The molecule has 4 unspecified atom stereocenters. The molecule has 0 bridgehead atoms. The van der Waals surface area contributed by atoms with E-state index in [0.29, 0.717) is 19.4 Å². The molecule has 7 N–H and O–H groups in total. The topological polar surface area (TPSA) is 179 Å². The molecule has 250 valence electrons. The van der Waals surface area contributed by atoms with Crippen LogP contribution in [0.1, 0.15) is 44.7 Å². The van der Waals surface area contributed by atoms with Crippen molar-refractivity contribution in [3.63, 3.8) is 0 Å². The number of nitrogens with two attached hydrogens (primary N) is 1. The highest BCUT2D eigenvalue weighted by atomic mass is 16.2. The minimum atomic E-state index is -1.02. The van der Waals surface area contributed by atoms with Crippen molar-refractivity contribution in [1.82, 2.24) is 31.2 Å². The van der Waals surface area contributed by atoms with Crippen LogP contribution in [0.4, 0.5) is 0 Å². The Labute approximate surface area is 274 Å². The molecule has 1 aliphatic heterocycles. The molecule has 0 saturated carbocycles. The summed E-state index contributed by atoms with van der Waals surface area (Å²) in [6.07, 6.45) is 4.74. The number of benzene rings is 2. The number of para-hydroxylation sites is 1. The molecular weight excluding hydrogens is 598 g/mol. The van der Waals surface area contributed by atoms with Gasteiger partial charge < -0.3 is 36.9 Å². The van der Waals surface area contributed by atoms with Gasteiger partial charge in [0.15, 0.2) is 0 Å². The number of hydrogen-bond donors (Lipinski definition) is 6. The van der Waals surface area contributed by atoms with E-state index in [0.717, 1.165) is 22.0 Å². The van der Waals surface area contributed by atoms with Gasteiger partial charge in [0.1, 0.15) is 23.8 Å². The molecule has 4 atom stereocenters. The number of rotatable bonds is 13. The van der Waals surface area contributed by atoms with Crippen LogP contribution in [-0.2, 0) is 36.8 Å². The van der Waals surface area contributed by atoms with Gasteiger partial charge in [-0.25, -0.2) is 0 Å². The fourth-order valence-electron chi connectivity index (χ4n) is 5.83. The van der Waals surface area contributed by atoms with Gasteiger partial charge in [-0.1, -0.05) is 68.5 Å². The molecule has 2 aromatic carbocycles. The molecule has 1 aliphatic rings. The summed E-state index contributed by atoms with van der Waals surface area (Å²) in [5, 5.41) is 11.7. The number of fused-ring (bicyclic) bond motifs is 1. The molecule has 1 fully saturated rings. The first kappa shape index (κ1) is 34.9. The highest BCUT2D eigenvalue weighted by molar-refractivity contribution is 6.00. The van der Waals surface area contributed by atoms with E-state index in [-0.39, 0.29) is 30.4 Å². The van der Waals surface area contributed by atoms with Crippen LogP contribution < -0.4 is 27.0 Å². The van der Waals surface area contributed by atoms with Gasteiger partial charge in [0, 0.05) is 37.1 Å². The van der Waals surface area contributed by atoms with Crippen LogP contribution in [0.2, 0.25) is 0 Å². The smallest absolute Gasteiger partial charge is 0.267 e. The van der Waals surface area contributed by atoms with Crippen LogP contribution >= 0.6 is 0 Å². The highest BCUT2D eigenvalue weighted by Gasteiger charge is 2.40. The van der Waals surface area contributed by atoms with Crippen molar-refractivity contribution in [2.45, 2.75) is 70.6 Å². The average Bonchev–Trinajstić information content (AvgIpc) is 3.73. The van der Waals surface area contributed by atoms with Crippen molar-refractivity contribution in [2.24, 2.45) is 11.7 Å². The summed E-state index contributed by atoms with van der Waals surface area (Å²) in [5.74, 6) is -2.65. The van der Waals surface area contributed by atoms with Crippen molar-refractivity contribution >= 4 is 40.4 Å². The van der Waals surface area contributed by atoms with E-state index in [1.807, 2.05) is 74.6 Å². The minimum Gasteiger partial charge on any atom is -0.361 e. The lowest BCUT2D eigenvalue weighted by Crippen LogP contribution is -2.59. The summed E-state index contributed by atoms with van der Waals surface area (Å²) < 4.78 is 0. The molecule has 12 heteroatoms. The van der Waals surface area contributed by atoms with Crippen molar-refractivity contribution in [1.29, 1.82) is 0 Å². The molecular formula is C35H45N7O5. The Kier molecular flexibility index (Phi) is 11.9. The summed E-state index contributed by atoms with van der Waals surface area (Å²) in [6.45, 7) is 5.60. The fraction of sp³-hybridized carbons (Fsp3) is 0.400. The van der Waals surface area contributed by atoms with E-state index >= 15 is 0 Å². The second-order valence-corrected chi connectivity index (χ2v) is 12.1. The van der Waals surface area contributed by atoms with Gasteiger partial charge in [-0.15, -0.1) is 0 Å². The van der Waals surface area contributed by atoms with Crippen LogP contribution in [0.15, 0.2) is 72.6 Å². The monoisotopic (exact) mass is 643 g/mol. The maximum Gasteiger partial charge on any atom is 0.267 e. The van der Waals surface area contributed by atoms with E-state index < -0.39 is 47.8 Å². The summed E-state index contributed by atoms with van der Waals surface area (Å²) >= 11 is 0. The van der Waals surface area contributed by atoms with Gasteiger partial charge in [0.2, 0.25) is 23.6 Å². The van der Waals surface area contributed by atoms with Gasteiger partial charge in [-0.2, -0.15) is 0 Å². The quantitative estimate of drug-likeness (QED) is 0.154. The van der Waals surface area contributed by atoms with E-state index in [9.17, 15) is 24.0 Å². The van der Waals surface area contributed by atoms with Crippen LogP contribution in [0, 0.1) is 5.92 Å². The number of carbonyl (C=O) groups is 5. The van der Waals surface area contributed by atoms with Crippen molar-refractivity contribution < 1.29 is 24.0 Å². The number of nitrogens with one attached hydrogen (secondary N) is 5. The number of likely N-dealkylation sites (tertiary alicyclic amines) is 1. The molecule has 47 heavy (non-hydrogen) atoms. The zero-order chi connectivity index (χ0) is 34.1. The SMILES string of the molecule is C/C=C(\NC(=O)C(Cc1ccccc1)NC(=O)C1CCCN1C(=O)C(NC(=O)C(N)Cc1c[nH]c2ccccc12)C(C)C)C(=O)NC. The molecule has 3 aromatic rings. The predicted molar refractivity (Wildman–Crippen MR) is 180 cm³/mol. The zero-order valence-corrected chi connectivity index (χ0v) is 27.3. The number of carbonyl (C=O) groups excluding carboxylic acids is 5. The summed E-state index contributed by atoms with van der Waals surface area (Å²) in [7, 11) is 1.46. The third-order valence-electron chi connectivity index (χ3n) is 8.45. The second kappa shape index (κ2) is 16.0. The first-order valence-electron chi connectivity index (χ1n) is 16.0. The van der Waals surface area contributed by atoms with Crippen LogP contribution in [0.3, 0.4) is 0 Å². The number of allylic oxidation sites excluding steroid dienone is 1. The number of aromatic amines is 1. The molecule has 12 nitrogen and oxygen atoms in total. The lowest BCUT2D eigenvalue weighted by molar-refractivity contribution is -0.143. The number of likely N-dealkylation sites (N-methyl/N-ethyl adjacent to an activating group) is 1. The Morgan fingerprint density at radius 1 is 0.979 bits per heavy atom. The zero-order valence-electron chi connectivity index (χ0n) is 27.3. The van der Waals surface area contributed by atoms with Crippen LogP contribution in [0.5, 0.6) is 0 Å². The van der Waals surface area contributed by atoms with Gasteiger partial charge in [0.05, 0.1) is 6.04 Å². The Balaban J connectivity index is 1.46. The van der Waals surface area contributed by atoms with Gasteiger partial charge >= 0.3 is 0 Å². The van der Waals surface area contributed by atoms with Gasteiger partial charge in [-0.05, 0) is 49.3 Å². The molecule has 0 radical (unpaired) electrons. The number of hydrogen-bond acceptors (Lipinski definition) is 6. The van der Waals surface area contributed by atoms with Crippen molar-refractivity contribution in [3.8, 4) is 0 Å². The molecule has 0 aliphatic carbocycles. The minimum absolute atomic E-state index is 0.0564. The Bertz CT molecular complexity index is 1620. The average molecular weight is 644 g/mol. The van der Waals surface area contributed by atoms with E-state index in [2.05, 4.69) is 26.3 Å². The molecule has 4 rings (SSSR count). The number of H-pyrrole nitrogens is 1. The highest BCUT2D eigenvalue weighted by Crippen LogP contribution is 2.22. The van der Waals surface area contributed by atoms with E-state index in [4.69, 9.17) is 5.73 Å². The first-order valence-corrected chi connectivity index (χ1v) is 16.0. The van der Waals surface area contributed by atoms with Gasteiger partial charge in [-0.3, -0.25) is 24.0 Å². The predicted octanol–water partition coefficient (Wildman–Crippen LogP) is 1.66. The van der Waals surface area contributed by atoms with Gasteiger partial charge in [0.25, 0.3) is 5.91 Å². The lowest BCUT2D eigenvalue weighted by Gasteiger charge is -2.31. The number of amides is 5. The largest absolute Gasteiger partial charge is 0.361 e. The molecule has 5 amide bonds. The molecule has 2 heterocycles. The molecule has 0 spiro atoms. The summed E-state index contributed by atoms with van der Waals surface area (Å²) in [4.78, 5) is 71.2. The number of aromatic nitrogens is 1. The normalized spacial score (nSPS) is 16.8. The lowest BCUT2D eigenvalue weighted by atomic mass is 10.00. The molecule has 1 saturated heterocycles. The summed E-state index contributed by atoms with van der Waals surface area (Å²) in [6, 6.07) is 13.3. The third kappa shape index (κ3) is 8.64. The maximum absolute atomic E-state index is 13.9. The van der Waals surface area contributed by atoms with Crippen molar-refractivity contribution in [2.75, 3.05) is 13.6 Å². The number of nitrogens with zero attached hydrogens (tertiary/aromatic N) is 1. The first-order chi connectivity index (χ1) is 22.5. The van der Waals surface area contributed by atoms with E-state index in [1.165, 1.54) is 18.0 Å². The van der Waals surface area contributed by atoms with Crippen molar-refractivity contribution in [3.05, 3.63) is 83.7 Å². The maximum atomic E-state index is 13.9. The standard InChI is InChI=1S/C35H45N7O5/c1-5-26(32(44)37-4)39-33(45)28(18-22-12-7-6-8-13-22)40-34(46)29-16-11-17-42(29)35(47)30(21(2)3)41-31(43)25(36)19-23-20-38-27-15-10-9-14-24(23)27/h5-10,12-15,20-21,25,28-30,38H,11,16-19,36H2,1-4H3,(H,37,44)(H,39,45)(H,40,46)(H,41,43)/b26-5-. The van der Waals surface area contributed by atoms with Crippen LogP contribution in [0.25, 0.3) is 10.9 Å². The Hall–Kier alpha value is -4.97. The molecule has 1 aromatic heterocycles. The van der Waals surface area contributed by atoms with Crippen LogP contribution in [-0.4, -0.2) is 77.2 Å². The second-order valence-electron chi connectivity index (χ2n) is 12.1. The summed E-state index contributed by atoms with van der Waals surface area (Å²) in [5.41, 5.74) is 9.02. The Morgan fingerprint density at radius 2 is 1.68 bits per heavy atom. The Morgan fingerprint density at radius 3 is 2.36 bits per heavy atom. The fourth-order valence-corrected chi connectivity index (χ4v) is 5.83. The van der Waals surface area contributed by atoms with E-state index in [1.54, 1.807) is 6.92 Å². The third-order valence-corrected chi connectivity index (χ3v) is 8.45.